The standard InChI is InChI=1S/C18H29N3O2/c1-21(2)9-3-4-16(22)19-15-7-8-17(23)20-18(15)14-11-12-5-6-13(14)10-12/h3-4,12-15,18H,5-11H2,1-2H3,(H,19,22)(H,20,23)/b4-3+. The van der Waals surface area contributed by atoms with Gasteiger partial charge in [0, 0.05) is 19.0 Å². The number of hydrogen-bond acceptors (Lipinski definition) is 3. The third-order valence-electron chi connectivity index (χ3n) is 5.77. The lowest BCUT2D eigenvalue weighted by Crippen LogP contribution is -2.59. The van der Waals surface area contributed by atoms with Crippen LogP contribution in [0.25, 0.3) is 0 Å². The molecule has 5 unspecified atom stereocenters. The molecule has 0 aromatic rings. The number of carbonyl (C=O) groups excluding carboxylic acids is 2. The molecule has 1 heterocycles. The van der Waals surface area contributed by atoms with Crippen LogP contribution in [0.3, 0.4) is 0 Å². The number of amides is 2. The number of likely N-dealkylation sites (N-methyl/N-ethyl adjacent to an activating group) is 1. The van der Waals surface area contributed by atoms with Crippen molar-refractivity contribution in [2.24, 2.45) is 17.8 Å². The summed E-state index contributed by atoms with van der Waals surface area (Å²) in [6.07, 6.45) is 9.97. The molecule has 2 N–H and O–H groups in total. The molecular formula is C18H29N3O2. The van der Waals surface area contributed by atoms with Gasteiger partial charge >= 0.3 is 0 Å². The fourth-order valence-electron chi connectivity index (χ4n) is 4.73. The van der Waals surface area contributed by atoms with Gasteiger partial charge in [-0.2, -0.15) is 0 Å². The van der Waals surface area contributed by atoms with Crippen molar-refractivity contribution in [2.75, 3.05) is 20.6 Å². The van der Waals surface area contributed by atoms with Gasteiger partial charge in [-0.3, -0.25) is 9.59 Å². The van der Waals surface area contributed by atoms with Crippen LogP contribution in [0.4, 0.5) is 0 Å². The molecule has 3 rings (SSSR count). The van der Waals surface area contributed by atoms with E-state index in [0.717, 1.165) is 24.8 Å². The van der Waals surface area contributed by atoms with E-state index in [1.54, 1.807) is 6.08 Å². The molecule has 23 heavy (non-hydrogen) atoms. The fourth-order valence-corrected chi connectivity index (χ4v) is 4.73. The van der Waals surface area contributed by atoms with Gasteiger partial charge in [-0.25, -0.2) is 0 Å². The Morgan fingerprint density at radius 1 is 1.30 bits per heavy atom. The molecule has 2 saturated carbocycles. The first-order valence-corrected chi connectivity index (χ1v) is 8.94. The summed E-state index contributed by atoms with van der Waals surface area (Å²) in [5, 5.41) is 6.33. The summed E-state index contributed by atoms with van der Waals surface area (Å²) in [5.41, 5.74) is 0. The number of fused-ring (bicyclic) bond motifs is 2. The van der Waals surface area contributed by atoms with E-state index in [-0.39, 0.29) is 23.9 Å². The summed E-state index contributed by atoms with van der Waals surface area (Å²) in [7, 11) is 3.95. The maximum Gasteiger partial charge on any atom is 0.243 e. The van der Waals surface area contributed by atoms with Gasteiger partial charge in [0.15, 0.2) is 0 Å². The summed E-state index contributed by atoms with van der Waals surface area (Å²) in [4.78, 5) is 26.1. The Bertz CT molecular complexity index is 489. The predicted octanol–water partition coefficient (Wildman–Crippen LogP) is 1.30. The van der Waals surface area contributed by atoms with Crippen molar-refractivity contribution in [2.45, 2.75) is 50.6 Å². The third kappa shape index (κ3) is 3.94. The Kier molecular flexibility index (Phi) is 5.05. The van der Waals surface area contributed by atoms with Crippen LogP contribution in [0.2, 0.25) is 0 Å². The van der Waals surface area contributed by atoms with E-state index < -0.39 is 0 Å². The van der Waals surface area contributed by atoms with Gasteiger partial charge in [-0.1, -0.05) is 12.5 Å². The highest BCUT2D eigenvalue weighted by Crippen LogP contribution is 2.50. The second kappa shape index (κ2) is 7.04. The maximum atomic E-state index is 12.2. The summed E-state index contributed by atoms with van der Waals surface area (Å²) >= 11 is 0. The number of nitrogens with one attached hydrogen (secondary N) is 2. The van der Waals surface area contributed by atoms with Crippen molar-refractivity contribution in [1.29, 1.82) is 0 Å². The minimum Gasteiger partial charge on any atom is -0.351 e. The minimum atomic E-state index is -0.0406. The van der Waals surface area contributed by atoms with E-state index in [1.807, 2.05) is 25.1 Å². The highest BCUT2D eigenvalue weighted by Gasteiger charge is 2.46. The Labute approximate surface area is 138 Å². The monoisotopic (exact) mass is 319 g/mol. The zero-order valence-corrected chi connectivity index (χ0v) is 14.3. The normalized spacial score (nSPS) is 36.7. The zero-order valence-electron chi connectivity index (χ0n) is 14.3. The number of hydrogen-bond donors (Lipinski definition) is 2. The fraction of sp³-hybridized carbons (Fsp3) is 0.778. The highest BCUT2D eigenvalue weighted by atomic mass is 16.2. The molecule has 2 amide bonds. The first-order chi connectivity index (χ1) is 11.0. The third-order valence-corrected chi connectivity index (χ3v) is 5.77. The van der Waals surface area contributed by atoms with E-state index in [9.17, 15) is 9.59 Å². The molecule has 5 atom stereocenters. The number of carbonyl (C=O) groups is 2. The number of piperidine rings is 1. The van der Waals surface area contributed by atoms with Crippen LogP contribution in [0.5, 0.6) is 0 Å². The molecule has 5 nitrogen and oxygen atoms in total. The molecule has 0 spiro atoms. The smallest absolute Gasteiger partial charge is 0.243 e. The molecule has 0 aromatic heterocycles. The van der Waals surface area contributed by atoms with Gasteiger partial charge in [0.1, 0.15) is 0 Å². The lowest BCUT2D eigenvalue weighted by Gasteiger charge is -2.39. The van der Waals surface area contributed by atoms with Gasteiger partial charge in [-0.05, 0) is 57.5 Å². The van der Waals surface area contributed by atoms with Crippen LogP contribution in [0, 0.1) is 17.8 Å². The molecule has 3 aliphatic rings. The van der Waals surface area contributed by atoms with Crippen molar-refractivity contribution in [3.05, 3.63) is 12.2 Å². The average Bonchev–Trinajstić information content (AvgIpc) is 3.11. The summed E-state index contributed by atoms with van der Waals surface area (Å²) < 4.78 is 0. The van der Waals surface area contributed by atoms with Crippen molar-refractivity contribution < 1.29 is 9.59 Å². The Morgan fingerprint density at radius 3 is 2.78 bits per heavy atom. The first kappa shape index (κ1) is 16.5. The van der Waals surface area contributed by atoms with Gasteiger partial charge in [0.2, 0.25) is 11.8 Å². The molecule has 3 fully saturated rings. The molecular weight excluding hydrogens is 290 g/mol. The van der Waals surface area contributed by atoms with Gasteiger partial charge in [0.05, 0.1) is 12.1 Å². The Morgan fingerprint density at radius 2 is 2.13 bits per heavy atom. The van der Waals surface area contributed by atoms with Gasteiger partial charge in [0.25, 0.3) is 0 Å². The van der Waals surface area contributed by atoms with Crippen LogP contribution < -0.4 is 10.6 Å². The van der Waals surface area contributed by atoms with E-state index in [0.29, 0.717) is 12.3 Å². The second-order valence-electron chi connectivity index (χ2n) is 7.75. The van der Waals surface area contributed by atoms with Crippen LogP contribution >= 0.6 is 0 Å². The maximum absolute atomic E-state index is 12.2. The largest absolute Gasteiger partial charge is 0.351 e. The van der Waals surface area contributed by atoms with E-state index in [1.165, 1.54) is 25.7 Å². The molecule has 2 bridgehead atoms. The SMILES string of the molecule is CN(C)C/C=C/C(=O)NC1CCC(=O)NC1C1CC2CCC1C2. The second-order valence-corrected chi connectivity index (χ2v) is 7.75. The topological polar surface area (TPSA) is 61.4 Å². The molecule has 0 radical (unpaired) electrons. The van der Waals surface area contributed by atoms with Gasteiger partial charge < -0.3 is 15.5 Å². The highest BCUT2D eigenvalue weighted by molar-refractivity contribution is 5.88. The molecule has 5 heteroatoms. The summed E-state index contributed by atoms with van der Waals surface area (Å²) in [6.45, 7) is 0.755. The van der Waals surface area contributed by atoms with Crippen LogP contribution in [-0.2, 0) is 9.59 Å². The van der Waals surface area contributed by atoms with E-state index >= 15 is 0 Å². The van der Waals surface area contributed by atoms with Crippen molar-refractivity contribution in [3.8, 4) is 0 Å². The predicted molar refractivity (Wildman–Crippen MR) is 89.7 cm³/mol. The van der Waals surface area contributed by atoms with Gasteiger partial charge in [-0.15, -0.1) is 0 Å². The van der Waals surface area contributed by atoms with Crippen molar-refractivity contribution in [3.63, 3.8) is 0 Å². The molecule has 2 aliphatic carbocycles. The molecule has 1 aliphatic heterocycles. The lowest BCUT2D eigenvalue weighted by molar-refractivity contribution is -0.126. The molecule has 0 aromatic carbocycles. The van der Waals surface area contributed by atoms with Crippen LogP contribution in [0.15, 0.2) is 12.2 Å². The van der Waals surface area contributed by atoms with Crippen molar-refractivity contribution >= 4 is 11.8 Å². The minimum absolute atomic E-state index is 0.0406. The van der Waals surface area contributed by atoms with Crippen molar-refractivity contribution in [1.82, 2.24) is 15.5 Å². The first-order valence-electron chi connectivity index (χ1n) is 8.94. The van der Waals surface area contributed by atoms with E-state index in [4.69, 9.17) is 0 Å². The molecule has 1 saturated heterocycles. The number of rotatable bonds is 5. The summed E-state index contributed by atoms with van der Waals surface area (Å²) in [5.74, 6) is 2.24. The Hall–Kier alpha value is -1.36. The Balaban J connectivity index is 1.60. The van der Waals surface area contributed by atoms with Crippen LogP contribution in [0.1, 0.15) is 38.5 Å². The number of nitrogens with zero attached hydrogens (tertiary/aromatic N) is 1. The van der Waals surface area contributed by atoms with E-state index in [2.05, 4.69) is 10.6 Å². The lowest BCUT2D eigenvalue weighted by atomic mass is 9.78. The summed E-state index contributed by atoms with van der Waals surface area (Å²) in [6, 6.07) is 0.200. The molecule has 128 valence electrons. The zero-order chi connectivity index (χ0) is 16.4. The quantitative estimate of drug-likeness (QED) is 0.751. The van der Waals surface area contributed by atoms with Crippen LogP contribution in [-0.4, -0.2) is 49.4 Å². The average molecular weight is 319 g/mol.